The molecule has 0 bridgehead atoms. The summed E-state index contributed by atoms with van der Waals surface area (Å²) in [6.45, 7) is 3.97. The van der Waals surface area contributed by atoms with E-state index in [0.717, 1.165) is 12.0 Å². The molecule has 0 saturated heterocycles. The maximum atomic E-state index is 13.4. The van der Waals surface area contributed by atoms with Crippen molar-refractivity contribution >= 4 is 41.2 Å². The van der Waals surface area contributed by atoms with Crippen LogP contribution in [0.1, 0.15) is 32.3 Å². The summed E-state index contributed by atoms with van der Waals surface area (Å²) in [5.41, 5.74) is 2.67. The molecule has 176 valence electrons. The zero-order valence-corrected chi connectivity index (χ0v) is 20.4. The summed E-state index contributed by atoms with van der Waals surface area (Å²) in [5.74, 6) is -2.05. The van der Waals surface area contributed by atoms with Crippen molar-refractivity contribution in [2.75, 3.05) is 12.8 Å². The molecule has 3 amide bonds. The van der Waals surface area contributed by atoms with Crippen LogP contribution in [-0.4, -0.2) is 46.4 Å². The Kier molecular flexibility index (Phi) is 11.1. The van der Waals surface area contributed by atoms with Crippen LogP contribution in [0.15, 0.2) is 41.8 Å². The van der Waals surface area contributed by atoms with Crippen LogP contribution in [-0.2, 0) is 20.8 Å². The molecule has 1 heterocycles. The Morgan fingerprint density at radius 3 is 2.41 bits per heavy atom. The van der Waals surface area contributed by atoms with Gasteiger partial charge in [0.15, 0.2) is 0 Å². The van der Waals surface area contributed by atoms with Gasteiger partial charge in [-0.15, -0.1) is 23.5 Å². The van der Waals surface area contributed by atoms with Gasteiger partial charge in [0.25, 0.3) is 0 Å². The molecule has 0 aromatic heterocycles. The largest absolute Gasteiger partial charge is 0.357 e. The number of rotatable bonds is 12. The normalized spacial score (nSPS) is 18.1. The number of carbonyl (C=O) groups excluding carboxylic acids is 3. The first-order valence-electron chi connectivity index (χ1n) is 10.8. The summed E-state index contributed by atoms with van der Waals surface area (Å²) in [6.07, 6.45) is 3.79. The van der Waals surface area contributed by atoms with Crippen molar-refractivity contribution in [2.45, 2.75) is 43.7 Å². The molecule has 0 radical (unpaired) electrons. The second-order valence-electron chi connectivity index (χ2n) is 8.19. The number of benzene rings is 1. The summed E-state index contributed by atoms with van der Waals surface area (Å²) in [4.78, 5) is 38.4. The van der Waals surface area contributed by atoms with Crippen LogP contribution in [0.3, 0.4) is 0 Å². The molecule has 4 unspecified atom stereocenters. The highest BCUT2D eigenvalue weighted by atomic mass is 32.2. The van der Waals surface area contributed by atoms with Crippen LogP contribution < -0.4 is 16.1 Å². The first-order chi connectivity index (χ1) is 15.3. The average molecular weight is 480 g/mol. The average Bonchev–Trinajstić information content (AvgIpc) is 3.31. The molecule has 1 aliphatic heterocycles. The van der Waals surface area contributed by atoms with E-state index in [1.807, 2.05) is 49.6 Å². The van der Waals surface area contributed by atoms with Crippen LogP contribution in [0.4, 0.5) is 0 Å². The molecule has 2 rings (SSSR count). The molecule has 7 nitrogen and oxygen atoms in total. The maximum absolute atomic E-state index is 13.4. The van der Waals surface area contributed by atoms with Crippen molar-refractivity contribution in [3.05, 3.63) is 47.4 Å². The van der Waals surface area contributed by atoms with Gasteiger partial charge in [-0.1, -0.05) is 50.3 Å². The second kappa shape index (κ2) is 13.5. The van der Waals surface area contributed by atoms with E-state index in [-0.39, 0.29) is 17.7 Å². The Labute approximate surface area is 198 Å². The van der Waals surface area contributed by atoms with Crippen LogP contribution >= 0.6 is 23.5 Å². The van der Waals surface area contributed by atoms with Crippen molar-refractivity contribution in [3.8, 4) is 0 Å². The number of carbonyl (C=O) groups is 3. The zero-order valence-electron chi connectivity index (χ0n) is 18.7. The third-order valence-electron chi connectivity index (χ3n) is 5.27. The van der Waals surface area contributed by atoms with Gasteiger partial charge < -0.3 is 10.6 Å². The molecule has 1 aromatic rings. The van der Waals surface area contributed by atoms with E-state index >= 15 is 0 Å². The SMILES string of the molecule is CNC(=O)C(Cc1ccccc1)NC(=O)C(CC(C)C)C(CSC1CC=CS1)C(=O)NO. The lowest BCUT2D eigenvalue weighted by atomic mass is 9.84. The maximum Gasteiger partial charge on any atom is 0.248 e. The number of allylic oxidation sites excluding steroid dienone is 1. The Hall–Kier alpha value is -1.97. The Balaban J connectivity index is 2.19. The summed E-state index contributed by atoms with van der Waals surface area (Å²) in [7, 11) is 1.53. The third-order valence-corrected chi connectivity index (χ3v) is 7.98. The molecule has 0 aliphatic carbocycles. The lowest BCUT2D eigenvalue weighted by Crippen LogP contribution is -2.51. The molecule has 4 atom stereocenters. The quantitative estimate of drug-likeness (QED) is 0.271. The van der Waals surface area contributed by atoms with Gasteiger partial charge in [-0.2, -0.15) is 0 Å². The first kappa shape index (κ1) is 26.3. The molecule has 0 fully saturated rings. The van der Waals surface area contributed by atoms with Crippen LogP contribution in [0.25, 0.3) is 0 Å². The second-order valence-corrected chi connectivity index (χ2v) is 10.8. The highest BCUT2D eigenvalue weighted by Crippen LogP contribution is 2.36. The first-order valence-corrected chi connectivity index (χ1v) is 12.8. The highest BCUT2D eigenvalue weighted by Gasteiger charge is 2.36. The van der Waals surface area contributed by atoms with Gasteiger partial charge in [0.1, 0.15) is 6.04 Å². The fourth-order valence-corrected chi connectivity index (χ4v) is 6.03. The number of hydroxylamine groups is 1. The fourth-order valence-electron chi connectivity index (χ4n) is 3.62. The lowest BCUT2D eigenvalue weighted by molar-refractivity contribution is -0.140. The predicted molar refractivity (Wildman–Crippen MR) is 130 cm³/mol. The smallest absolute Gasteiger partial charge is 0.248 e. The molecular weight excluding hydrogens is 446 g/mol. The standard InChI is InChI=1S/C23H33N3O4S2/c1-15(2)12-17(18(22(28)26-30)14-32-20-10-7-11-31-20)21(27)25-19(23(29)24-3)13-16-8-5-4-6-9-16/h4-9,11,15,17-20,30H,10,12-14H2,1-3H3,(H,24,29)(H,25,27)(H,26,28). The Morgan fingerprint density at radius 1 is 1.12 bits per heavy atom. The number of likely N-dealkylation sites (N-methyl/N-ethyl adjacent to an activating group) is 1. The molecule has 1 aromatic carbocycles. The number of amides is 3. The molecule has 32 heavy (non-hydrogen) atoms. The topological polar surface area (TPSA) is 108 Å². The van der Waals surface area contributed by atoms with Crippen LogP contribution in [0.5, 0.6) is 0 Å². The van der Waals surface area contributed by atoms with E-state index in [9.17, 15) is 19.6 Å². The molecule has 4 N–H and O–H groups in total. The van der Waals surface area contributed by atoms with E-state index in [1.165, 1.54) is 7.05 Å². The third kappa shape index (κ3) is 8.18. The Morgan fingerprint density at radius 2 is 1.84 bits per heavy atom. The fraction of sp³-hybridized carbons (Fsp3) is 0.522. The summed E-state index contributed by atoms with van der Waals surface area (Å²) in [5, 5.41) is 16.9. The molecular formula is C23H33N3O4S2. The van der Waals surface area contributed by atoms with E-state index in [1.54, 1.807) is 29.0 Å². The summed E-state index contributed by atoms with van der Waals surface area (Å²) >= 11 is 3.30. The van der Waals surface area contributed by atoms with Gasteiger partial charge in [-0.3, -0.25) is 19.6 Å². The number of thioether (sulfide) groups is 2. The van der Waals surface area contributed by atoms with Gasteiger partial charge in [0.05, 0.1) is 16.4 Å². The van der Waals surface area contributed by atoms with E-state index in [2.05, 4.69) is 16.7 Å². The highest BCUT2D eigenvalue weighted by molar-refractivity contribution is 8.18. The zero-order chi connectivity index (χ0) is 23.5. The van der Waals surface area contributed by atoms with E-state index in [0.29, 0.717) is 23.2 Å². The molecule has 0 spiro atoms. The van der Waals surface area contributed by atoms with Crippen LogP contribution in [0, 0.1) is 17.8 Å². The minimum atomic E-state index is -0.760. The van der Waals surface area contributed by atoms with E-state index < -0.39 is 23.8 Å². The van der Waals surface area contributed by atoms with Gasteiger partial charge in [-0.05, 0) is 29.7 Å². The minimum Gasteiger partial charge on any atom is -0.357 e. The summed E-state index contributed by atoms with van der Waals surface area (Å²) in [6, 6.07) is 8.70. The van der Waals surface area contributed by atoms with Gasteiger partial charge >= 0.3 is 0 Å². The van der Waals surface area contributed by atoms with E-state index in [4.69, 9.17) is 0 Å². The van der Waals surface area contributed by atoms with Crippen molar-refractivity contribution in [3.63, 3.8) is 0 Å². The predicted octanol–water partition coefficient (Wildman–Crippen LogP) is 2.95. The van der Waals surface area contributed by atoms with Crippen molar-refractivity contribution in [2.24, 2.45) is 17.8 Å². The van der Waals surface area contributed by atoms with Gasteiger partial charge in [0, 0.05) is 19.2 Å². The molecule has 0 saturated carbocycles. The Bertz CT molecular complexity index is 781. The van der Waals surface area contributed by atoms with Crippen LogP contribution in [0.2, 0.25) is 0 Å². The number of hydrogen-bond donors (Lipinski definition) is 4. The monoisotopic (exact) mass is 479 g/mol. The van der Waals surface area contributed by atoms with Gasteiger partial charge in [-0.25, -0.2) is 5.48 Å². The van der Waals surface area contributed by atoms with Gasteiger partial charge in [0.2, 0.25) is 17.7 Å². The molecule has 9 heteroatoms. The summed E-state index contributed by atoms with van der Waals surface area (Å²) < 4.78 is 0.295. The van der Waals surface area contributed by atoms with Crippen molar-refractivity contribution < 1.29 is 19.6 Å². The number of nitrogens with one attached hydrogen (secondary N) is 3. The van der Waals surface area contributed by atoms with Crippen molar-refractivity contribution in [1.29, 1.82) is 0 Å². The lowest BCUT2D eigenvalue weighted by Gasteiger charge is -2.28. The minimum absolute atomic E-state index is 0.153. The molecule has 1 aliphatic rings. The number of hydrogen-bond acceptors (Lipinski definition) is 6. The van der Waals surface area contributed by atoms with Crippen molar-refractivity contribution in [1.82, 2.24) is 16.1 Å².